The van der Waals surface area contributed by atoms with Crippen LogP contribution in [0.4, 0.5) is 24.9 Å². The molecular weight excluding hydrogens is 467 g/mol. The first kappa shape index (κ1) is 22.2. The Kier molecular flexibility index (Phi) is 5.86. The minimum atomic E-state index is -4.62. The highest BCUT2D eigenvalue weighted by atomic mass is 32.1. The van der Waals surface area contributed by atoms with Crippen LogP contribution in [0.25, 0.3) is 0 Å². The van der Waals surface area contributed by atoms with Gasteiger partial charge in [-0.2, -0.15) is 18.2 Å². The van der Waals surface area contributed by atoms with E-state index in [9.17, 15) is 13.2 Å². The average Bonchev–Trinajstić information content (AvgIpc) is 3.26. The maximum absolute atomic E-state index is 13.5. The largest absolute Gasteiger partial charge is 0.486 e. The van der Waals surface area contributed by atoms with Crippen molar-refractivity contribution >= 4 is 29.1 Å². The smallest absolute Gasteiger partial charge is 0.433 e. The number of nitrogens with zero attached hydrogens (tertiary/aromatic N) is 3. The van der Waals surface area contributed by atoms with Crippen LogP contribution in [0, 0.1) is 0 Å². The number of aromatic nitrogens is 2. The van der Waals surface area contributed by atoms with Crippen LogP contribution >= 0.6 is 12.2 Å². The van der Waals surface area contributed by atoms with Gasteiger partial charge in [0.05, 0.1) is 0 Å². The third kappa shape index (κ3) is 4.84. The van der Waals surface area contributed by atoms with Crippen molar-refractivity contribution in [3.63, 3.8) is 0 Å². The number of fused-ring (bicyclic) bond motifs is 2. The zero-order valence-corrected chi connectivity index (χ0v) is 18.7. The summed E-state index contributed by atoms with van der Waals surface area (Å²) >= 11 is 5.27. The number of halogens is 3. The molecule has 0 radical (unpaired) electrons. The van der Waals surface area contributed by atoms with Crippen LogP contribution in [0.2, 0.25) is 0 Å². The fraction of sp³-hybridized carbons (Fsp3) is 0.261. The van der Waals surface area contributed by atoms with Crippen molar-refractivity contribution in [2.24, 2.45) is 0 Å². The summed E-state index contributed by atoms with van der Waals surface area (Å²) in [7, 11) is 0. The molecule has 0 spiro atoms. The van der Waals surface area contributed by atoms with Crippen LogP contribution in [-0.2, 0) is 25.8 Å². The van der Waals surface area contributed by atoms with Gasteiger partial charge in [0.15, 0.2) is 22.3 Å². The summed E-state index contributed by atoms with van der Waals surface area (Å²) in [4.78, 5) is 9.72. The Hall–Kier alpha value is -3.60. The van der Waals surface area contributed by atoms with Gasteiger partial charge in [0.25, 0.3) is 0 Å². The second kappa shape index (κ2) is 8.98. The molecule has 0 saturated heterocycles. The lowest BCUT2D eigenvalue weighted by Gasteiger charge is -2.20. The molecule has 0 amide bonds. The van der Waals surface area contributed by atoms with Crippen LogP contribution in [0.5, 0.6) is 11.5 Å². The van der Waals surface area contributed by atoms with Crippen LogP contribution < -0.4 is 25.0 Å². The SMILES string of the molecule is FC(F)(F)c1cc(N2Cc3ccccc3C2)nc(NC(=S)NCc2ccc3c(c2)OCCO3)n1. The fourth-order valence-corrected chi connectivity index (χ4v) is 3.98. The summed E-state index contributed by atoms with van der Waals surface area (Å²) in [5, 5.41) is 5.75. The molecule has 0 saturated carbocycles. The minimum absolute atomic E-state index is 0.102. The van der Waals surface area contributed by atoms with Crippen molar-refractivity contribution in [1.82, 2.24) is 15.3 Å². The van der Waals surface area contributed by atoms with E-state index in [0.717, 1.165) is 22.8 Å². The molecule has 0 aliphatic carbocycles. The lowest BCUT2D eigenvalue weighted by Crippen LogP contribution is -2.29. The highest BCUT2D eigenvalue weighted by Crippen LogP contribution is 2.34. The molecule has 0 atom stereocenters. The Bertz CT molecular complexity index is 1210. The molecule has 2 N–H and O–H groups in total. The topological polar surface area (TPSA) is 71.5 Å². The third-order valence-corrected chi connectivity index (χ3v) is 5.70. The van der Waals surface area contributed by atoms with Gasteiger partial charge < -0.3 is 25.0 Å². The van der Waals surface area contributed by atoms with Gasteiger partial charge in [-0.1, -0.05) is 30.3 Å². The van der Waals surface area contributed by atoms with Crippen molar-refractivity contribution in [3.05, 3.63) is 70.9 Å². The van der Waals surface area contributed by atoms with Crippen molar-refractivity contribution in [3.8, 4) is 11.5 Å². The van der Waals surface area contributed by atoms with Crippen molar-refractivity contribution in [2.75, 3.05) is 23.4 Å². The predicted molar refractivity (Wildman–Crippen MR) is 124 cm³/mol. The zero-order valence-electron chi connectivity index (χ0n) is 17.9. The third-order valence-electron chi connectivity index (χ3n) is 5.45. The van der Waals surface area contributed by atoms with Gasteiger partial charge in [0, 0.05) is 25.7 Å². The number of hydrogen-bond acceptors (Lipinski definition) is 6. The maximum Gasteiger partial charge on any atom is 0.433 e. The lowest BCUT2D eigenvalue weighted by molar-refractivity contribution is -0.141. The van der Waals surface area contributed by atoms with Gasteiger partial charge in [-0.25, -0.2) is 4.98 Å². The second-order valence-electron chi connectivity index (χ2n) is 7.84. The Morgan fingerprint density at radius 1 is 0.971 bits per heavy atom. The van der Waals surface area contributed by atoms with Gasteiger partial charge in [-0.05, 0) is 41.0 Å². The van der Waals surface area contributed by atoms with Gasteiger partial charge in [-0.15, -0.1) is 0 Å². The van der Waals surface area contributed by atoms with E-state index in [0.29, 0.717) is 44.3 Å². The fourth-order valence-electron chi connectivity index (χ4n) is 3.82. The summed E-state index contributed by atoms with van der Waals surface area (Å²) in [5.74, 6) is 1.27. The molecule has 34 heavy (non-hydrogen) atoms. The maximum atomic E-state index is 13.5. The summed E-state index contributed by atoms with van der Waals surface area (Å²) in [5.41, 5.74) is 1.95. The van der Waals surface area contributed by atoms with Crippen LogP contribution in [0.3, 0.4) is 0 Å². The number of thiocarbonyl (C=S) groups is 1. The first-order chi connectivity index (χ1) is 16.3. The molecular formula is C23H20F3N5O2S. The van der Waals surface area contributed by atoms with Gasteiger partial charge >= 0.3 is 6.18 Å². The van der Waals surface area contributed by atoms with E-state index in [1.54, 1.807) is 11.0 Å². The monoisotopic (exact) mass is 487 g/mol. The van der Waals surface area contributed by atoms with Gasteiger partial charge in [0.2, 0.25) is 5.95 Å². The summed E-state index contributed by atoms with van der Waals surface area (Å²) in [6.07, 6.45) is -4.62. The first-order valence-corrected chi connectivity index (χ1v) is 11.0. The molecule has 0 unspecified atom stereocenters. The van der Waals surface area contributed by atoms with Gasteiger partial charge in [-0.3, -0.25) is 0 Å². The quantitative estimate of drug-likeness (QED) is 0.529. The number of benzene rings is 2. The highest BCUT2D eigenvalue weighted by Gasteiger charge is 2.35. The predicted octanol–water partition coefficient (Wildman–Crippen LogP) is 4.27. The van der Waals surface area contributed by atoms with E-state index in [1.165, 1.54) is 0 Å². The zero-order chi connectivity index (χ0) is 23.7. The summed E-state index contributed by atoms with van der Waals surface area (Å²) < 4.78 is 51.7. The molecule has 11 heteroatoms. The number of alkyl halides is 3. The molecule has 176 valence electrons. The number of rotatable bonds is 4. The Balaban J connectivity index is 1.30. The number of hydrogen-bond donors (Lipinski definition) is 2. The molecule has 1 aromatic heterocycles. The number of nitrogens with one attached hydrogen (secondary N) is 2. The number of anilines is 2. The van der Waals surface area contributed by atoms with E-state index in [4.69, 9.17) is 21.7 Å². The van der Waals surface area contributed by atoms with Gasteiger partial charge in [0.1, 0.15) is 19.0 Å². The summed E-state index contributed by atoms with van der Waals surface area (Å²) in [6.45, 7) is 2.24. The normalized spacial score (nSPS) is 14.5. The highest BCUT2D eigenvalue weighted by molar-refractivity contribution is 7.80. The van der Waals surface area contributed by atoms with E-state index in [-0.39, 0.29) is 16.9 Å². The molecule has 2 aliphatic heterocycles. The average molecular weight is 488 g/mol. The molecule has 3 heterocycles. The molecule has 3 aromatic rings. The molecule has 0 bridgehead atoms. The summed E-state index contributed by atoms with van der Waals surface area (Å²) in [6, 6.07) is 14.2. The standard InChI is InChI=1S/C23H20F3N5O2S/c24-23(25,26)19-10-20(31-12-15-3-1-2-4-16(15)13-31)29-21(28-19)30-22(34)27-11-14-5-6-17-18(9-14)33-8-7-32-17/h1-6,9-10H,7-8,11-13H2,(H2,27,28,29,30,34). The van der Waals surface area contributed by atoms with E-state index in [1.807, 2.05) is 36.4 Å². The molecule has 7 nitrogen and oxygen atoms in total. The van der Waals surface area contributed by atoms with Crippen LogP contribution in [0.15, 0.2) is 48.5 Å². The molecule has 0 fully saturated rings. The second-order valence-corrected chi connectivity index (χ2v) is 8.25. The Morgan fingerprint density at radius 2 is 1.68 bits per heavy atom. The first-order valence-electron chi connectivity index (χ1n) is 10.6. The molecule has 5 rings (SSSR count). The van der Waals surface area contributed by atoms with E-state index in [2.05, 4.69) is 20.6 Å². The Labute approximate surface area is 198 Å². The van der Waals surface area contributed by atoms with Crippen LogP contribution in [-0.4, -0.2) is 28.3 Å². The van der Waals surface area contributed by atoms with Crippen molar-refractivity contribution < 1.29 is 22.6 Å². The van der Waals surface area contributed by atoms with E-state index < -0.39 is 11.9 Å². The molecule has 2 aliphatic rings. The van der Waals surface area contributed by atoms with Crippen LogP contribution in [0.1, 0.15) is 22.4 Å². The van der Waals surface area contributed by atoms with E-state index >= 15 is 0 Å². The lowest BCUT2D eigenvalue weighted by atomic mass is 10.1. The Morgan fingerprint density at radius 3 is 2.38 bits per heavy atom. The van der Waals surface area contributed by atoms with Crippen molar-refractivity contribution in [2.45, 2.75) is 25.8 Å². The minimum Gasteiger partial charge on any atom is -0.486 e. The molecule has 2 aromatic carbocycles. The van der Waals surface area contributed by atoms with Crippen molar-refractivity contribution in [1.29, 1.82) is 0 Å². The number of ether oxygens (including phenoxy) is 2.